The van der Waals surface area contributed by atoms with Crippen LogP contribution >= 0.6 is 0 Å². The number of benzene rings is 2. The molecule has 7 heteroatoms. The summed E-state index contributed by atoms with van der Waals surface area (Å²) >= 11 is 0. The van der Waals surface area contributed by atoms with Gasteiger partial charge in [0.1, 0.15) is 11.6 Å². The lowest BCUT2D eigenvalue weighted by molar-refractivity contribution is 0.102. The molecule has 0 radical (unpaired) electrons. The molecule has 3 aromatic rings. The number of halogens is 1. The number of anilines is 3. The summed E-state index contributed by atoms with van der Waals surface area (Å²) < 4.78 is 18.3. The predicted octanol–water partition coefficient (Wildman–Crippen LogP) is 3.62. The Hall–Kier alpha value is -3.48. The van der Waals surface area contributed by atoms with Gasteiger partial charge in [0.05, 0.1) is 7.11 Å². The number of ether oxygens (including phenoxy) is 1. The summed E-state index contributed by atoms with van der Waals surface area (Å²) in [6.45, 7) is 0. The minimum absolute atomic E-state index is 0.160. The Bertz CT molecular complexity index is 884. The summed E-state index contributed by atoms with van der Waals surface area (Å²) in [7, 11) is 1.55. The minimum Gasteiger partial charge on any atom is -0.497 e. The van der Waals surface area contributed by atoms with Gasteiger partial charge in [0, 0.05) is 17.4 Å². The van der Waals surface area contributed by atoms with Gasteiger partial charge < -0.3 is 15.4 Å². The van der Waals surface area contributed by atoms with Crippen molar-refractivity contribution >= 4 is 23.1 Å². The van der Waals surface area contributed by atoms with Gasteiger partial charge in [-0.05, 0) is 42.5 Å². The van der Waals surface area contributed by atoms with Gasteiger partial charge in [0.25, 0.3) is 5.91 Å². The van der Waals surface area contributed by atoms with Crippen LogP contribution < -0.4 is 15.4 Å². The maximum Gasteiger partial charge on any atom is 0.276 e. The topological polar surface area (TPSA) is 76.1 Å². The van der Waals surface area contributed by atoms with Crippen molar-refractivity contribution in [1.29, 1.82) is 0 Å². The first-order valence-corrected chi connectivity index (χ1v) is 7.46. The zero-order chi connectivity index (χ0) is 17.6. The molecule has 0 fully saturated rings. The van der Waals surface area contributed by atoms with Crippen molar-refractivity contribution in [1.82, 2.24) is 10.2 Å². The van der Waals surface area contributed by atoms with Crippen molar-refractivity contribution in [3.63, 3.8) is 0 Å². The molecule has 1 heterocycles. The summed E-state index contributed by atoms with van der Waals surface area (Å²) in [5.74, 6) is 0.298. The molecule has 0 atom stereocenters. The second-order valence-corrected chi connectivity index (χ2v) is 5.13. The van der Waals surface area contributed by atoms with E-state index in [1.807, 2.05) is 0 Å². The number of hydrogen-bond donors (Lipinski definition) is 2. The van der Waals surface area contributed by atoms with Gasteiger partial charge in [0.15, 0.2) is 11.5 Å². The normalized spacial score (nSPS) is 10.2. The maximum atomic E-state index is 13.2. The highest BCUT2D eigenvalue weighted by atomic mass is 19.1. The van der Waals surface area contributed by atoms with Crippen LogP contribution in [0.2, 0.25) is 0 Å². The van der Waals surface area contributed by atoms with Crippen LogP contribution in [-0.2, 0) is 0 Å². The molecule has 2 aromatic carbocycles. The quantitative estimate of drug-likeness (QED) is 0.743. The van der Waals surface area contributed by atoms with Gasteiger partial charge in [-0.2, -0.15) is 0 Å². The number of nitrogens with zero attached hydrogens (tertiary/aromatic N) is 2. The lowest BCUT2D eigenvalue weighted by atomic mass is 10.3. The average Bonchev–Trinajstić information content (AvgIpc) is 2.62. The number of nitrogens with one attached hydrogen (secondary N) is 2. The molecular weight excluding hydrogens is 323 g/mol. The Balaban J connectivity index is 1.67. The molecule has 126 valence electrons. The molecule has 0 aliphatic heterocycles. The van der Waals surface area contributed by atoms with Crippen LogP contribution in [0.3, 0.4) is 0 Å². The fourth-order valence-corrected chi connectivity index (χ4v) is 2.13. The van der Waals surface area contributed by atoms with Gasteiger partial charge in [-0.15, -0.1) is 10.2 Å². The highest BCUT2D eigenvalue weighted by Crippen LogP contribution is 2.18. The molecule has 3 rings (SSSR count). The number of carbonyl (C=O) groups is 1. The zero-order valence-corrected chi connectivity index (χ0v) is 13.4. The van der Waals surface area contributed by atoms with Crippen LogP contribution in [0.4, 0.5) is 21.6 Å². The highest BCUT2D eigenvalue weighted by molar-refractivity contribution is 6.02. The number of amides is 1. The Morgan fingerprint density at radius 2 is 1.80 bits per heavy atom. The van der Waals surface area contributed by atoms with E-state index in [1.54, 1.807) is 49.6 Å². The summed E-state index contributed by atoms with van der Waals surface area (Å²) in [4.78, 5) is 12.2. The average molecular weight is 338 g/mol. The molecule has 0 aliphatic rings. The first kappa shape index (κ1) is 16.4. The first-order valence-electron chi connectivity index (χ1n) is 7.46. The number of carbonyl (C=O) groups excluding carboxylic acids is 1. The number of methoxy groups -OCH3 is 1. The van der Waals surface area contributed by atoms with Crippen molar-refractivity contribution in [3.05, 3.63) is 72.2 Å². The summed E-state index contributed by atoms with van der Waals surface area (Å²) in [6, 6.07) is 16.1. The SMILES string of the molecule is COc1cccc(NC(=O)c2ccc(Nc3cccc(F)c3)nn2)c1. The number of rotatable bonds is 5. The van der Waals surface area contributed by atoms with Crippen LogP contribution in [0.15, 0.2) is 60.7 Å². The van der Waals surface area contributed by atoms with E-state index in [9.17, 15) is 9.18 Å². The van der Waals surface area contributed by atoms with E-state index in [4.69, 9.17) is 4.74 Å². The lowest BCUT2D eigenvalue weighted by Gasteiger charge is -2.07. The molecule has 0 aliphatic carbocycles. The molecule has 2 N–H and O–H groups in total. The third-order valence-electron chi connectivity index (χ3n) is 3.32. The molecule has 1 aromatic heterocycles. The lowest BCUT2D eigenvalue weighted by Crippen LogP contribution is -2.14. The molecule has 25 heavy (non-hydrogen) atoms. The van der Waals surface area contributed by atoms with E-state index < -0.39 is 5.91 Å². The fourth-order valence-electron chi connectivity index (χ4n) is 2.13. The van der Waals surface area contributed by atoms with Gasteiger partial charge in [-0.25, -0.2) is 4.39 Å². The molecule has 0 saturated carbocycles. The van der Waals surface area contributed by atoms with Crippen LogP contribution in [-0.4, -0.2) is 23.2 Å². The van der Waals surface area contributed by atoms with E-state index in [1.165, 1.54) is 18.2 Å². The van der Waals surface area contributed by atoms with Crippen molar-refractivity contribution < 1.29 is 13.9 Å². The Kier molecular flexibility index (Phi) is 4.84. The van der Waals surface area contributed by atoms with E-state index >= 15 is 0 Å². The third-order valence-corrected chi connectivity index (χ3v) is 3.32. The zero-order valence-electron chi connectivity index (χ0n) is 13.4. The van der Waals surface area contributed by atoms with Crippen molar-refractivity contribution in [2.45, 2.75) is 0 Å². The van der Waals surface area contributed by atoms with Crippen LogP contribution in [0.25, 0.3) is 0 Å². The molecule has 0 unspecified atom stereocenters. The molecule has 1 amide bonds. The summed E-state index contributed by atoms with van der Waals surface area (Å²) in [5.41, 5.74) is 1.30. The largest absolute Gasteiger partial charge is 0.497 e. The molecule has 0 saturated heterocycles. The maximum absolute atomic E-state index is 13.2. The van der Waals surface area contributed by atoms with Crippen LogP contribution in [0, 0.1) is 5.82 Å². The van der Waals surface area contributed by atoms with Gasteiger partial charge in [0.2, 0.25) is 0 Å². The molecule has 0 spiro atoms. The Labute approximate surface area is 143 Å². The van der Waals surface area contributed by atoms with Gasteiger partial charge in [-0.1, -0.05) is 12.1 Å². The van der Waals surface area contributed by atoms with Crippen molar-refractivity contribution in [2.24, 2.45) is 0 Å². The Morgan fingerprint density at radius 3 is 2.52 bits per heavy atom. The summed E-state index contributed by atoms with van der Waals surface area (Å²) in [5, 5.41) is 13.4. The van der Waals surface area contributed by atoms with E-state index in [2.05, 4.69) is 20.8 Å². The monoisotopic (exact) mass is 338 g/mol. The highest BCUT2D eigenvalue weighted by Gasteiger charge is 2.09. The number of hydrogen-bond acceptors (Lipinski definition) is 5. The molecular formula is C18H15FN4O2. The standard InChI is InChI=1S/C18H15FN4O2/c1-25-15-7-3-6-14(11-15)21-18(24)16-8-9-17(23-22-16)20-13-5-2-4-12(19)10-13/h2-11H,1H3,(H,20,23)(H,21,24). The van der Waals surface area contributed by atoms with Crippen molar-refractivity contribution in [3.8, 4) is 5.75 Å². The predicted molar refractivity (Wildman–Crippen MR) is 92.7 cm³/mol. The number of aromatic nitrogens is 2. The molecule has 6 nitrogen and oxygen atoms in total. The summed E-state index contributed by atoms with van der Waals surface area (Å²) in [6.07, 6.45) is 0. The van der Waals surface area contributed by atoms with E-state index in [0.29, 0.717) is 22.9 Å². The van der Waals surface area contributed by atoms with E-state index in [0.717, 1.165) is 0 Å². The van der Waals surface area contributed by atoms with Crippen molar-refractivity contribution in [2.75, 3.05) is 17.7 Å². The van der Waals surface area contributed by atoms with E-state index in [-0.39, 0.29) is 11.5 Å². The second-order valence-electron chi connectivity index (χ2n) is 5.13. The van der Waals surface area contributed by atoms with Crippen LogP contribution in [0.5, 0.6) is 5.75 Å². The minimum atomic E-state index is -0.391. The third kappa shape index (κ3) is 4.29. The fraction of sp³-hybridized carbons (Fsp3) is 0.0556. The van der Waals surface area contributed by atoms with Gasteiger partial charge in [-0.3, -0.25) is 4.79 Å². The second kappa shape index (κ2) is 7.39. The smallest absolute Gasteiger partial charge is 0.276 e. The first-order chi connectivity index (χ1) is 12.1. The Morgan fingerprint density at radius 1 is 1.00 bits per heavy atom. The van der Waals surface area contributed by atoms with Gasteiger partial charge >= 0.3 is 0 Å². The molecule has 0 bridgehead atoms. The van der Waals surface area contributed by atoms with Crippen LogP contribution in [0.1, 0.15) is 10.5 Å².